The number of ketones is 1. The summed E-state index contributed by atoms with van der Waals surface area (Å²) in [6, 6.07) is 0. The molecule has 2 amide bonds. The molecule has 4 atom stereocenters. The lowest BCUT2D eigenvalue weighted by atomic mass is 9.88. The predicted molar refractivity (Wildman–Crippen MR) is 110 cm³/mol. The largest absolute Gasteiger partial charge is 0.389 e. The van der Waals surface area contributed by atoms with Gasteiger partial charge in [0, 0.05) is 32.1 Å². The van der Waals surface area contributed by atoms with Gasteiger partial charge in [0.25, 0.3) is 0 Å². The van der Waals surface area contributed by atoms with Crippen molar-refractivity contribution in [2.24, 2.45) is 17.8 Å². The minimum absolute atomic E-state index is 0.0511. The van der Waals surface area contributed by atoms with Crippen LogP contribution in [0.3, 0.4) is 0 Å². The molecule has 2 N–H and O–H groups in total. The van der Waals surface area contributed by atoms with Crippen LogP contribution in [0.2, 0.25) is 0 Å². The fraction of sp³-hybridized carbons (Fsp3) is 0.696. The lowest BCUT2D eigenvalue weighted by molar-refractivity contribution is -0.129. The molecule has 0 heterocycles. The van der Waals surface area contributed by atoms with Crippen molar-refractivity contribution in [3.63, 3.8) is 0 Å². The van der Waals surface area contributed by atoms with Crippen molar-refractivity contribution in [3.05, 3.63) is 12.2 Å². The summed E-state index contributed by atoms with van der Waals surface area (Å²) in [6.45, 7) is 5.11. The second-order valence-corrected chi connectivity index (χ2v) is 7.82. The summed E-state index contributed by atoms with van der Waals surface area (Å²) in [5.41, 5.74) is 0. The van der Waals surface area contributed by atoms with Gasteiger partial charge in [-0.1, -0.05) is 38.3 Å². The molecule has 0 aliphatic heterocycles. The first kappa shape index (κ1) is 24.1. The van der Waals surface area contributed by atoms with Gasteiger partial charge in [-0.25, -0.2) is 0 Å². The fourth-order valence-corrected chi connectivity index (χ4v) is 3.63. The van der Waals surface area contributed by atoms with Crippen molar-refractivity contribution < 1.29 is 19.5 Å². The highest BCUT2D eigenvalue weighted by Crippen LogP contribution is 2.34. The molecule has 5 heteroatoms. The predicted octanol–water partition coefficient (Wildman–Crippen LogP) is 3.55. The number of hydrogen-bond donors (Lipinski definition) is 2. The number of rotatable bonds is 11. The Labute approximate surface area is 169 Å². The molecule has 0 spiro atoms. The third-order valence-corrected chi connectivity index (χ3v) is 5.38. The number of imide groups is 1. The van der Waals surface area contributed by atoms with Crippen molar-refractivity contribution in [1.82, 2.24) is 5.32 Å². The SMILES string of the molecule is CC#CCC(C)[C@H](O)C=C[C@H]1CCC(=O)[C@@H]1CCCCCCC(=O)NC(C)=O. The fourth-order valence-electron chi connectivity index (χ4n) is 3.63. The number of amides is 2. The highest BCUT2D eigenvalue weighted by atomic mass is 16.3. The van der Waals surface area contributed by atoms with Gasteiger partial charge in [0.1, 0.15) is 5.78 Å². The van der Waals surface area contributed by atoms with Crippen LogP contribution in [-0.4, -0.2) is 28.8 Å². The zero-order valence-electron chi connectivity index (χ0n) is 17.5. The molecule has 1 rings (SSSR count). The molecule has 0 radical (unpaired) electrons. The number of aliphatic hydroxyl groups is 1. The number of nitrogens with one attached hydrogen (secondary N) is 1. The van der Waals surface area contributed by atoms with Gasteiger partial charge in [-0.2, -0.15) is 0 Å². The van der Waals surface area contributed by atoms with Gasteiger partial charge in [0.05, 0.1) is 6.10 Å². The van der Waals surface area contributed by atoms with E-state index in [0.29, 0.717) is 25.0 Å². The van der Waals surface area contributed by atoms with E-state index in [0.717, 1.165) is 38.5 Å². The van der Waals surface area contributed by atoms with Gasteiger partial charge >= 0.3 is 0 Å². The van der Waals surface area contributed by atoms with E-state index in [1.165, 1.54) is 6.92 Å². The molecule has 1 unspecified atom stereocenters. The number of aliphatic hydroxyl groups excluding tert-OH is 1. The van der Waals surface area contributed by atoms with Gasteiger partial charge in [0.2, 0.25) is 11.8 Å². The van der Waals surface area contributed by atoms with E-state index in [2.05, 4.69) is 17.2 Å². The first-order valence-electron chi connectivity index (χ1n) is 10.4. The molecule has 0 saturated heterocycles. The van der Waals surface area contributed by atoms with Crippen molar-refractivity contribution >= 4 is 17.6 Å². The quantitative estimate of drug-likeness (QED) is 0.322. The Balaban J connectivity index is 2.33. The van der Waals surface area contributed by atoms with Crippen molar-refractivity contribution in [1.29, 1.82) is 0 Å². The van der Waals surface area contributed by atoms with Crippen LogP contribution in [0.5, 0.6) is 0 Å². The first-order valence-corrected chi connectivity index (χ1v) is 10.4. The van der Waals surface area contributed by atoms with E-state index in [1.807, 2.05) is 19.1 Å². The van der Waals surface area contributed by atoms with E-state index in [1.54, 1.807) is 6.92 Å². The number of carbonyl (C=O) groups excluding carboxylic acids is 3. The van der Waals surface area contributed by atoms with Crippen LogP contribution in [0.15, 0.2) is 12.2 Å². The zero-order chi connectivity index (χ0) is 20.9. The average Bonchev–Trinajstić information content (AvgIpc) is 2.99. The zero-order valence-corrected chi connectivity index (χ0v) is 17.5. The van der Waals surface area contributed by atoms with E-state index >= 15 is 0 Å². The Bertz CT molecular complexity index is 614. The number of allylic oxidation sites excluding steroid dienone is 1. The Morgan fingerprint density at radius 1 is 1.29 bits per heavy atom. The summed E-state index contributed by atoms with van der Waals surface area (Å²) in [4.78, 5) is 34.4. The third-order valence-electron chi connectivity index (χ3n) is 5.38. The normalized spacial score (nSPS) is 21.2. The van der Waals surface area contributed by atoms with Crippen molar-refractivity contribution in [2.75, 3.05) is 0 Å². The summed E-state index contributed by atoms with van der Waals surface area (Å²) < 4.78 is 0. The number of Topliss-reactive ketones (excluding diaryl/α,β-unsaturated/α-hetero) is 1. The molecule has 28 heavy (non-hydrogen) atoms. The van der Waals surface area contributed by atoms with Crippen LogP contribution in [0.4, 0.5) is 0 Å². The van der Waals surface area contributed by atoms with E-state index in [4.69, 9.17) is 0 Å². The maximum atomic E-state index is 12.2. The number of carbonyl (C=O) groups is 3. The summed E-state index contributed by atoms with van der Waals surface area (Å²) in [7, 11) is 0. The van der Waals surface area contributed by atoms with Gasteiger partial charge in [-0.15, -0.1) is 11.8 Å². The standard InChI is InChI=1S/C23H35NO4/c1-4-5-10-17(2)21(26)15-13-19-14-16-22(27)20(19)11-8-6-7-9-12-23(28)24-18(3)25/h13,15,17,19-21,26H,6-12,14,16H2,1-3H3,(H,24,25,28)/t17?,19-,20+,21+/m0/s1. The molecule has 0 aromatic heterocycles. The topological polar surface area (TPSA) is 83.5 Å². The monoisotopic (exact) mass is 389 g/mol. The van der Waals surface area contributed by atoms with Crippen molar-refractivity contribution in [2.45, 2.75) is 84.7 Å². The Morgan fingerprint density at radius 3 is 2.68 bits per heavy atom. The Kier molecular flexibility index (Phi) is 11.4. The smallest absolute Gasteiger partial charge is 0.226 e. The summed E-state index contributed by atoms with van der Waals surface area (Å²) >= 11 is 0. The highest BCUT2D eigenvalue weighted by molar-refractivity contribution is 5.93. The van der Waals surface area contributed by atoms with Crippen LogP contribution in [0.25, 0.3) is 0 Å². The minimum Gasteiger partial charge on any atom is -0.389 e. The molecule has 1 fully saturated rings. The Morgan fingerprint density at radius 2 is 2.00 bits per heavy atom. The summed E-state index contributed by atoms with van der Waals surface area (Å²) in [6.07, 6.45) is 10.3. The highest BCUT2D eigenvalue weighted by Gasteiger charge is 2.32. The molecule has 5 nitrogen and oxygen atoms in total. The van der Waals surface area contributed by atoms with E-state index < -0.39 is 6.10 Å². The lowest BCUT2D eigenvalue weighted by Gasteiger charge is -2.17. The minimum atomic E-state index is -0.529. The van der Waals surface area contributed by atoms with Gasteiger partial charge in [-0.05, 0) is 38.0 Å². The van der Waals surface area contributed by atoms with Crippen LogP contribution < -0.4 is 5.32 Å². The average molecular weight is 390 g/mol. The third kappa shape index (κ3) is 9.32. The summed E-state index contributed by atoms with van der Waals surface area (Å²) in [5.74, 6) is 5.98. The molecule has 0 aromatic carbocycles. The molecule has 1 saturated carbocycles. The molecule has 1 aliphatic carbocycles. The van der Waals surface area contributed by atoms with Gasteiger partial charge < -0.3 is 5.11 Å². The number of unbranched alkanes of at least 4 members (excludes halogenated alkanes) is 3. The Hall–Kier alpha value is -1.93. The molecule has 0 bridgehead atoms. The molecular formula is C23H35NO4. The van der Waals surface area contributed by atoms with Gasteiger partial charge in [0.15, 0.2) is 0 Å². The van der Waals surface area contributed by atoms with Crippen LogP contribution in [0, 0.1) is 29.6 Å². The van der Waals surface area contributed by atoms with Crippen LogP contribution in [0.1, 0.15) is 78.6 Å². The molecular weight excluding hydrogens is 354 g/mol. The van der Waals surface area contributed by atoms with Crippen LogP contribution >= 0.6 is 0 Å². The van der Waals surface area contributed by atoms with E-state index in [-0.39, 0.29) is 29.6 Å². The van der Waals surface area contributed by atoms with Gasteiger partial charge in [-0.3, -0.25) is 19.7 Å². The molecule has 0 aromatic rings. The first-order chi connectivity index (χ1) is 13.3. The molecule has 1 aliphatic rings. The van der Waals surface area contributed by atoms with E-state index in [9.17, 15) is 19.5 Å². The second-order valence-electron chi connectivity index (χ2n) is 7.82. The molecule has 156 valence electrons. The lowest BCUT2D eigenvalue weighted by Crippen LogP contribution is -2.27. The maximum Gasteiger partial charge on any atom is 0.226 e. The maximum absolute atomic E-state index is 12.2. The number of hydrogen-bond acceptors (Lipinski definition) is 4. The van der Waals surface area contributed by atoms with Crippen LogP contribution in [-0.2, 0) is 14.4 Å². The summed E-state index contributed by atoms with van der Waals surface area (Å²) in [5, 5.41) is 12.5. The second kappa shape index (κ2) is 13.3. The van der Waals surface area contributed by atoms with Crippen molar-refractivity contribution in [3.8, 4) is 11.8 Å².